The summed E-state index contributed by atoms with van der Waals surface area (Å²) in [4.78, 5) is 14.6. The van der Waals surface area contributed by atoms with Crippen LogP contribution in [0.15, 0.2) is 22.7 Å². The third-order valence-corrected chi connectivity index (χ3v) is 4.50. The molecular formula is C15H22BrN3O. The van der Waals surface area contributed by atoms with Crippen LogP contribution in [-0.4, -0.2) is 36.5 Å². The Bertz CT molecular complexity index is 472. The minimum Gasteiger partial charge on any atom is -0.399 e. The first-order valence-corrected chi connectivity index (χ1v) is 7.94. The van der Waals surface area contributed by atoms with E-state index in [-0.39, 0.29) is 5.91 Å². The van der Waals surface area contributed by atoms with Gasteiger partial charge in [-0.1, -0.05) is 6.42 Å². The topological polar surface area (TPSA) is 58.4 Å². The molecule has 110 valence electrons. The molecule has 1 aromatic rings. The van der Waals surface area contributed by atoms with Gasteiger partial charge in [-0.05, 0) is 67.0 Å². The Morgan fingerprint density at radius 3 is 2.80 bits per heavy atom. The summed E-state index contributed by atoms with van der Waals surface area (Å²) in [5, 5.41) is 3.00. The fourth-order valence-electron chi connectivity index (χ4n) is 2.54. The second kappa shape index (κ2) is 7.09. The number of halogens is 1. The van der Waals surface area contributed by atoms with E-state index >= 15 is 0 Å². The Balaban J connectivity index is 1.89. The molecule has 1 aliphatic rings. The number of rotatable bonds is 4. The number of carbonyl (C=O) groups excluding carboxylic acids is 1. The number of hydrogen-bond donors (Lipinski definition) is 2. The summed E-state index contributed by atoms with van der Waals surface area (Å²) >= 11 is 3.39. The average Bonchev–Trinajstić information content (AvgIpc) is 2.47. The number of likely N-dealkylation sites (tertiary alicyclic amines) is 1. The van der Waals surface area contributed by atoms with E-state index in [1.54, 1.807) is 18.2 Å². The Hall–Kier alpha value is -1.07. The zero-order valence-corrected chi connectivity index (χ0v) is 13.4. The van der Waals surface area contributed by atoms with E-state index in [1.165, 1.54) is 19.3 Å². The van der Waals surface area contributed by atoms with Gasteiger partial charge in [0.2, 0.25) is 0 Å². The monoisotopic (exact) mass is 339 g/mol. The summed E-state index contributed by atoms with van der Waals surface area (Å²) in [6.45, 7) is 5.11. The molecule has 0 bridgehead atoms. The van der Waals surface area contributed by atoms with E-state index in [4.69, 9.17) is 5.73 Å². The highest BCUT2D eigenvalue weighted by Crippen LogP contribution is 2.19. The first-order chi connectivity index (χ1) is 9.58. The van der Waals surface area contributed by atoms with Crippen molar-refractivity contribution in [3.63, 3.8) is 0 Å². The molecule has 0 aromatic heterocycles. The number of piperidine rings is 1. The fraction of sp³-hybridized carbons (Fsp3) is 0.533. The number of nitrogens with zero attached hydrogens (tertiary/aromatic N) is 1. The molecule has 5 heteroatoms. The predicted molar refractivity (Wildman–Crippen MR) is 85.8 cm³/mol. The van der Waals surface area contributed by atoms with Gasteiger partial charge in [0.25, 0.3) is 5.91 Å². The maximum Gasteiger partial charge on any atom is 0.252 e. The van der Waals surface area contributed by atoms with Gasteiger partial charge in [-0.3, -0.25) is 9.69 Å². The van der Waals surface area contributed by atoms with Gasteiger partial charge in [-0.15, -0.1) is 0 Å². The van der Waals surface area contributed by atoms with Gasteiger partial charge in [-0.25, -0.2) is 0 Å². The van der Waals surface area contributed by atoms with Crippen LogP contribution in [0.25, 0.3) is 0 Å². The Morgan fingerprint density at radius 1 is 1.40 bits per heavy atom. The summed E-state index contributed by atoms with van der Waals surface area (Å²) in [5.74, 6) is -0.0759. The molecule has 1 heterocycles. The van der Waals surface area contributed by atoms with Crippen molar-refractivity contribution in [3.8, 4) is 0 Å². The zero-order chi connectivity index (χ0) is 14.5. The van der Waals surface area contributed by atoms with Crippen LogP contribution in [0.2, 0.25) is 0 Å². The van der Waals surface area contributed by atoms with Gasteiger partial charge in [0.15, 0.2) is 0 Å². The summed E-state index contributed by atoms with van der Waals surface area (Å²) in [5.41, 5.74) is 6.92. The number of nitrogens with two attached hydrogens (primary N) is 1. The summed E-state index contributed by atoms with van der Waals surface area (Å²) in [6, 6.07) is 5.65. The number of hydrogen-bond acceptors (Lipinski definition) is 3. The molecule has 1 aliphatic heterocycles. The Kier molecular flexibility index (Phi) is 5.43. The van der Waals surface area contributed by atoms with Crippen molar-refractivity contribution in [2.24, 2.45) is 0 Å². The molecule has 1 fully saturated rings. The van der Waals surface area contributed by atoms with E-state index in [1.807, 2.05) is 0 Å². The minimum absolute atomic E-state index is 0.0759. The van der Waals surface area contributed by atoms with Crippen LogP contribution in [-0.2, 0) is 0 Å². The smallest absolute Gasteiger partial charge is 0.252 e. The van der Waals surface area contributed by atoms with Crippen LogP contribution in [0.1, 0.15) is 36.5 Å². The third-order valence-electron chi connectivity index (χ3n) is 3.81. The van der Waals surface area contributed by atoms with Crippen LogP contribution < -0.4 is 11.1 Å². The van der Waals surface area contributed by atoms with E-state index in [9.17, 15) is 4.79 Å². The standard InChI is InChI=1S/C15H22BrN3O/c1-11(19-7-3-2-4-8-19)10-18-15(20)13-9-12(17)5-6-14(13)16/h5-6,9,11H,2-4,7-8,10,17H2,1H3,(H,18,20). The van der Waals surface area contributed by atoms with Crippen LogP contribution >= 0.6 is 15.9 Å². The van der Waals surface area contributed by atoms with Gasteiger partial charge in [-0.2, -0.15) is 0 Å². The SMILES string of the molecule is CC(CNC(=O)c1cc(N)ccc1Br)N1CCCCC1. The molecule has 4 nitrogen and oxygen atoms in total. The van der Waals surface area contributed by atoms with Crippen LogP contribution in [0, 0.1) is 0 Å². The lowest BCUT2D eigenvalue weighted by Gasteiger charge is -2.32. The lowest BCUT2D eigenvalue weighted by molar-refractivity contribution is 0.0929. The Labute approximate surface area is 128 Å². The molecule has 1 amide bonds. The quantitative estimate of drug-likeness (QED) is 0.829. The number of amides is 1. The van der Waals surface area contributed by atoms with Crippen LogP contribution in [0.4, 0.5) is 5.69 Å². The van der Waals surface area contributed by atoms with Gasteiger partial charge in [0.05, 0.1) is 5.56 Å². The molecule has 20 heavy (non-hydrogen) atoms. The molecule has 2 rings (SSSR count). The minimum atomic E-state index is -0.0759. The van der Waals surface area contributed by atoms with Gasteiger partial charge in [0, 0.05) is 22.7 Å². The highest BCUT2D eigenvalue weighted by atomic mass is 79.9. The number of nitrogens with one attached hydrogen (secondary N) is 1. The number of anilines is 1. The van der Waals surface area contributed by atoms with Crippen molar-refractivity contribution in [2.45, 2.75) is 32.2 Å². The highest BCUT2D eigenvalue weighted by Gasteiger charge is 2.18. The molecule has 1 atom stereocenters. The van der Waals surface area contributed by atoms with E-state index in [2.05, 4.69) is 33.1 Å². The van der Waals surface area contributed by atoms with E-state index < -0.39 is 0 Å². The zero-order valence-electron chi connectivity index (χ0n) is 11.9. The molecule has 1 saturated heterocycles. The van der Waals surface area contributed by atoms with Crippen molar-refractivity contribution < 1.29 is 4.79 Å². The third kappa shape index (κ3) is 3.96. The average molecular weight is 340 g/mol. The molecule has 1 unspecified atom stereocenters. The molecule has 0 aliphatic carbocycles. The molecule has 3 N–H and O–H groups in total. The lowest BCUT2D eigenvalue weighted by Crippen LogP contribution is -2.44. The van der Waals surface area contributed by atoms with Crippen molar-refractivity contribution in [3.05, 3.63) is 28.2 Å². The maximum absolute atomic E-state index is 12.2. The summed E-state index contributed by atoms with van der Waals surface area (Å²) in [7, 11) is 0. The summed E-state index contributed by atoms with van der Waals surface area (Å²) in [6.07, 6.45) is 3.85. The first kappa shape index (κ1) is 15.3. The van der Waals surface area contributed by atoms with Crippen LogP contribution in [0.5, 0.6) is 0 Å². The normalized spacial score (nSPS) is 17.7. The molecule has 0 spiro atoms. The van der Waals surface area contributed by atoms with Crippen molar-refractivity contribution in [2.75, 3.05) is 25.4 Å². The second-order valence-corrected chi connectivity index (χ2v) is 6.25. The van der Waals surface area contributed by atoms with Crippen molar-refractivity contribution >= 4 is 27.5 Å². The van der Waals surface area contributed by atoms with Crippen molar-refractivity contribution in [1.29, 1.82) is 0 Å². The molecular weight excluding hydrogens is 318 g/mol. The number of benzene rings is 1. The predicted octanol–water partition coefficient (Wildman–Crippen LogP) is 2.64. The van der Waals surface area contributed by atoms with E-state index in [0.717, 1.165) is 17.6 Å². The number of carbonyl (C=O) groups is 1. The number of nitrogen functional groups attached to an aromatic ring is 1. The van der Waals surface area contributed by atoms with Crippen molar-refractivity contribution in [1.82, 2.24) is 10.2 Å². The van der Waals surface area contributed by atoms with Gasteiger partial charge >= 0.3 is 0 Å². The fourth-order valence-corrected chi connectivity index (χ4v) is 2.97. The van der Waals surface area contributed by atoms with Gasteiger partial charge < -0.3 is 11.1 Å². The largest absolute Gasteiger partial charge is 0.399 e. The van der Waals surface area contributed by atoms with Crippen LogP contribution in [0.3, 0.4) is 0 Å². The lowest BCUT2D eigenvalue weighted by atomic mass is 10.1. The second-order valence-electron chi connectivity index (χ2n) is 5.39. The molecule has 0 saturated carbocycles. The maximum atomic E-state index is 12.2. The molecule has 0 radical (unpaired) electrons. The molecule has 1 aromatic carbocycles. The Morgan fingerprint density at radius 2 is 2.10 bits per heavy atom. The first-order valence-electron chi connectivity index (χ1n) is 7.15. The van der Waals surface area contributed by atoms with Gasteiger partial charge in [0.1, 0.15) is 0 Å². The summed E-state index contributed by atoms with van der Waals surface area (Å²) < 4.78 is 0.773. The highest BCUT2D eigenvalue weighted by molar-refractivity contribution is 9.10. The van der Waals surface area contributed by atoms with E-state index in [0.29, 0.717) is 23.8 Å².